The number of hydrogen-bond donors (Lipinski definition) is 3. The summed E-state index contributed by atoms with van der Waals surface area (Å²) >= 11 is 1.10. The van der Waals surface area contributed by atoms with Gasteiger partial charge in [0.25, 0.3) is 0 Å². The van der Waals surface area contributed by atoms with E-state index in [1.54, 1.807) is 97.1 Å². The van der Waals surface area contributed by atoms with Crippen molar-refractivity contribution in [2.75, 3.05) is 13.2 Å². The lowest BCUT2D eigenvalue weighted by atomic mass is 9.96. The van der Waals surface area contributed by atoms with E-state index in [1.165, 1.54) is 48.5 Å². The van der Waals surface area contributed by atoms with Crippen molar-refractivity contribution in [3.8, 4) is 0 Å². The molecule has 10 atom stereocenters. The number of esters is 4. The van der Waals surface area contributed by atoms with Gasteiger partial charge in [0.05, 0.1) is 28.9 Å². The SMILES string of the molecule is O=C(OC[C@H]1O[C@@H](O[C@H]2[C@@H](O)[C@@H](CO)O[C@@H](Sc3ccccc3)[C@@H]2O)[C@H](OC(=O)c2ccccc2)[C@@H](OC(=O)c2ccccc2)[C@H]1OC(=O)c1ccccc1)c1ccccc1. The van der Waals surface area contributed by atoms with E-state index in [0.29, 0.717) is 4.90 Å². The predicted octanol–water partition coefficient (Wildman–Crippen LogP) is 4.86. The van der Waals surface area contributed by atoms with Crippen LogP contribution in [0.1, 0.15) is 41.4 Å². The molecule has 7 rings (SSSR count). The van der Waals surface area contributed by atoms with Crippen LogP contribution in [0, 0.1) is 0 Å². The first-order valence-corrected chi connectivity index (χ1v) is 20.2. The van der Waals surface area contributed by atoms with Crippen LogP contribution in [0.2, 0.25) is 0 Å². The molecule has 14 nitrogen and oxygen atoms in total. The van der Waals surface area contributed by atoms with E-state index >= 15 is 0 Å². The fraction of sp³-hybridized carbons (Fsp3) is 0.261. The third-order valence-electron chi connectivity index (χ3n) is 9.85. The summed E-state index contributed by atoms with van der Waals surface area (Å²) in [6.45, 7) is -1.30. The second kappa shape index (κ2) is 20.6. The number of aliphatic hydroxyl groups excluding tert-OH is 3. The van der Waals surface area contributed by atoms with Gasteiger partial charge < -0.3 is 48.5 Å². The number of carbonyl (C=O) groups excluding carboxylic acids is 4. The average molecular weight is 851 g/mol. The highest BCUT2D eigenvalue weighted by atomic mass is 32.2. The molecule has 2 heterocycles. The van der Waals surface area contributed by atoms with E-state index < -0.39 is 97.6 Å². The van der Waals surface area contributed by atoms with Gasteiger partial charge in [-0.2, -0.15) is 0 Å². The fourth-order valence-electron chi connectivity index (χ4n) is 6.74. The minimum atomic E-state index is -1.83. The largest absolute Gasteiger partial charge is 0.459 e. The van der Waals surface area contributed by atoms with Crippen molar-refractivity contribution >= 4 is 35.6 Å². The average Bonchev–Trinajstić information content (AvgIpc) is 3.31. The molecular formula is C46H42O14S. The molecule has 0 spiro atoms. The summed E-state index contributed by atoms with van der Waals surface area (Å²) < 4.78 is 42.7. The van der Waals surface area contributed by atoms with Gasteiger partial charge in [-0.15, -0.1) is 0 Å². The number of carbonyl (C=O) groups is 4. The van der Waals surface area contributed by atoms with Crippen LogP contribution < -0.4 is 0 Å². The van der Waals surface area contributed by atoms with Crippen LogP contribution in [0.25, 0.3) is 0 Å². The molecule has 0 bridgehead atoms. The van der Waals surface area contributed by atoms with Crippen molar-refractivity contribution in [2.45, 2.75) is 65.5 Å². The molecule has 2 saturated heterocycles. The van der Waals surface area contributed by atoms with Crippen LogP contribution in [0.15, 0.2) is 157 Å². The Labute approximate surface area is 354 Å². The molecule has 5 aromatic carbocycles. The van der Waals surface area contributed by atoms with Crippen LogP contribution in [-0.4, -0.2) is 113 Å². The maximum absolute atomic E-state index is 14.0. The van der Waals surface area contributed by atoms with E-state index in [0.717, 1.165) is 11.8 Å². The van der Waals surface area contributed by atoms with Gasteiger partial charge in [-0.1, -0.05) is 103 Å². The summed E-state index contributed by atoms with van der Waals surface area (Å²) in [7, 11) is 0. The van der Waals surface area contributed by atoms with Gasteiger partial charge in [0.2, 0.25) is 0 Å². The molecule has 0 amide bonds. The summed E-state index contributed by atoms with van der Waals surface area (Å²) in [4.78, 5) is 55.7. The van der Waals surface area contributed by atoms with Gasteiger partial charge in [0, 0.05) is 4.90 Å². The zero-order chi connectivity index (χ0) is 42.7. The minimum absolute atomic E-state index is 0.0805. The molecule has 0 unspecified atom stereocenters. The molecule has 0 aromatic heterocycles. The topological polar surface area (TPSA) is 194 Å². The number of benzene rings is 5. The smallest absolute Gasteiger partial charge is 0.338 e. The Kier molecular flexibility index (Phi) is 14.6. The number of rotatable bonds is 14. The zero-order valence-electron chi connectivity index (χ0n) is 32.4. The third-order valence-corrected chi connectivity index (χ3v) is 11.0. The Bertz CT molecular complexity index is 2200. The minimum Gasteiger partial charge on any atom is -0.459 e. The standard InChI is InChI=1S/C46H42O14S/c47-26-33-35(48)38(36(49)46(56-33)61-32-24-14-5-15-25-32)60-45-40(59-44(53)31-22-12-4-13-23-31)39(58-43(52)30-20-10-3-11-21-30)37(57-42(51)29-18-8-2-9-19-29)34(55-45)27-54-41(50)28-16-6-1-7-17-28/h1-25,33-40,45-49H,26-27H2/t33-,34-,35+,36-,37+,38+,39+,40-,45+,46+/m1/s1. The van der Waals surface area contributed by atoms with E-state index in [-0.39, 0.29) is 22.3 Å². The molecule has 2 aliphatic rings. The van der Waals surface area contributed by atoms with Crippen LogP contribution in [0.4, 0.5) is 0 Å². The highest BCUT2D eigenvalue weighted by Crippen LogP contribution is 2.38. The fourth-order valence-corrected chi connectivity index (χ4v) is 7.81. The Morgan fingerprint density at radius 2 is 0.918 bits per heavy atom. The van der Waals surface area contributed by atoms with E-state index in [2.05, 4.69) is 0 Å². The van der Waals surface area contributed by atoms with Gasteiger partial charge in [-0.3, -0.25) is 0 Å². The van der Waals surface area contributed by atoms with Gasteiger partial charge in [0.15, 0.2) is 24.6 Å². The molecule has 2 fully saturated rings. The van der Waals surface area contributed by atoms with Crippen molar-refractivity contribution in [3.63, 3.8) is 0 Å². The van der Waals surface area contributed by atoms with Crippen LogP contribution in [0.3, 0.4) is 0 Å². The van der Waals surface area contributed by atoms with Crippen molar-refractivity contribution in [3.05, 3.63) is 174 Å². The Morgan fingerprint density at radius 3 is 1.39 bits per heavy atom. The summed E-state index contributed by atoms with van der Waals surface area (Å²) in [5.74, 6) is -3.50. The highest BCUT2D eigenvalue weighted by molar-refractivity contribution is 7.99. The number of hydrogen-bond acceptors (Lipinski definition) is 15. The maximum atomic E-state index is 14.0. The molecule has 316 valence electrons. The quantitative estimate of drug-likeness (QED) is 0.101. The van der Waals surface area contributed by atoms with Crippen LogP contribution >= 0.6 is 11.8 Å². The van der Waals surface area contributed by atoms with Crippen molar-refractivity contribution in [1.29, 1.82) is 0 Å². The molecule has 0 saturated carbocycles. The highest BCUT2D eigenvalue weighted by Gasteiger charge is 2.56. The van der Waals surface area contributed by atoms with E-state index in [9.17, 15) is 34.5 Å². The molecular weight excluding hydrogens is 809 g/mol. The second-order valence-corrected chi connectivity index (χ2v) is 15.1. The van der Waals surface area contributed by atoms with Gasteiger partial charge >= 0.3 is 23.9 Å². The summed E-state index contributed by atoms with van der Waals surface area (Å²) in [5.41, 5.74) is -0.636. The molecule has 0 radical (unpaired) electrons. The van der Waals surface area contributed by atoms with Gasteiger partial charge in [0.1, 0.15) is 42.6 Å². The second-order valence-electron chi connectivity index (χ2n) is 14.0. The van der Waals surface area contributed by atoms with Crippen LogP contribution in [-0.2, 0) is 33.2 Å². The lowest BCUT2D eigenvalue weighted by Gasteiger charge is -2.47. The number of ether oxygens (including phenoxy) is 7. The van der Waals surface area contributed by atoms with Gasteiger partial charge in [-0.05, 0) is 60.7 Å². The lowest BCUT2D eigenvalue weighted by Crippen LogP contribution is -2.66. The lowest BCUT2D eigenvalue weighted by molar-refractivity contribution is -0.335. The molecule has 2 aliphatic heterocycles. The summed E-state index contributed by atoms with van der Waals surface area (Å²) in [6, 6.07) is 40.6. The molecule has 0 aliphatic carbocycles. The first-order valence-electron chi connectivity index (χ1n) is 19.4. The third kappa shape index (κ3) is 10.7. The Balaban J connectivity index is 1.30. The van der Waals surface area contributed by atoms with Crippen molar-refractivity contribution < 1.29 is 67.7 Å². The Hall–Kier alpha value is -5.91. The van der Waals surface area contributed by atoms with Crippen molar-refractivity contribution in [2.24, 2.45) is 0 Å². The van der Waals surface area contributed by atoms with E-state index in [1.807, 2.05) is 6.07 Å². The number of thioether (sulfide) groups is 1. The van der Waals surface area contributed by atoms with Crippen LogP contribution in [0.5, 0.6) is 0 Å². The number of aliphatic hydroxyl groups is 3. The summed E-state index contributed by atoms with van der Waals surface area (Å²) in [5, 5.41) is 33.6. The monoisotopic (exact) mass is 850 g/mol. The first-order chi connectivity index (χ1) is 29.7. The normalized spacial score (nSPS) is 26.0. The molecule has 61 heavy (non-hydrogen) atoms. The predicted molar refractivity (Wildman–Crippen MR) is 217 cm³/mol. The molecule has 3 N–H and O–H groups in total. The zero-order valence-corrected chi connectivity index (χ0v) is 33.2. The van der Waals surface area contributed by atoms with Gasteiger partial charge in [-0.25, -0.2) is 19.2 Å². The molecule has 5 aromatic rings. The Morgan fingerprint density at radius 1 is 0.492 bits per heavy atom. The maximum Gasteiger partial charge on any atom is 0.338 e. The summed E-state index contributed by atoms with van der Waals surface area (Å²) in [6.07, 6.45) is -14.7. The first kappa shape index (κ1) is 43.2. The van der Waals surface area contributed by atoms with E-state index in [4.69, 9.17) is 33.2 Å². The molecule has 15 heteroatoms. The van der Waals surface area contributed by atoms with Crippen molar-refractivity contribution in [1.82, 2.24) is 0 Å².